The lowest BCUT2D eigenvalue weighted by atomic mass is 9.94. The monoisotopic (exact) mass is 187 g/mol. The minimum atomic E-state index is 0.306. The maximum atomic E-state index is 5.42. The van der Waals surface area contributed by atoms with Crippen LogP contribution >= 0.6 is 0 Å². The first-order valence-corrected chi connectivity index (χ1v) is 5.67. The van der Waals surface area contributed by atoms with Crippen molar-refractivity contribution in [1.29, 1.82) is 0 Å². The number of hydrogen-bond acceptors (Lipinski definition) is 2. The van der Waals surface area contributed by atoms with Crippen molar-refractivity contribution in [3.05, 3.63) is 0 Å². The normalized spacial score (nSPS) is 29.5. The number of ether oxygens (including phenoxy) is 1. The summed E-state index contributed by atoms with van der Waals surface area (Å²) in [7, 11) is 0. The molecular weight excluding hydrogens is 162 g/mol. The Labute approximate surface area is 83.1 Å². The average Bonchev–Trinajstić information content (AvgIpc) is 2.56. The Morgan fingerprint density at radius 2 is 1.77 bits per heavy atom. The predicted octanol–water partition coefficient (Wildman–Crippen LogP) is 2.58. The standard InChI is InChI=1S/C6H11NO.C3H8.C2H6/c1-3-7-5-6(1)2-4-8-6;1-3-2;1-2/h7H,1-5H2;3H2,1-2H3;1-2H3. The predicted molar refractivity (Wildman–Crippen MR) is 58.1 cm³/mol. The summed E-state index contributed by atoms with van der Waals surface area (Å²) in [6.07, 6.45) is 3.76. The summed E-state index contributed by atoms with van der Waals surface area (Å²) in [4.78, 5) is 0. The smallest absolute Gasteiger partial charge is 0.0840 e. The van der Waals surface area contributed by atoms with Crippen LogP contribution in [0.1, 0.15) is 47.0 Å². The van der Waals surface area contributed by atoms with Gasteiger partial charge >= 0.3 is 0 Å². The van der Waals surface area contributed by atoms with E-state index >= 15 is 0 Å². The van der Waals surface area contributed by atoms with Gasteiger partial charge in [0.25, 0.3) is 0 Å². The third kappa shape index (κ3) is 4.10. The van der Waals surface area contributed by atoms with E-state index in [9.17, 15) is 0 Å². The van der Waals surface area contributed by atoms with Gasteiger partial charge in [0, 0.05) is 13.0 Å². The van der Waals surface area contributed by atoms with Gasteiger partial charge in [-0.15, -0.1) is 0 Å². The molecule has 1 spiro atoms. The lowest BCUT2D eigenvalue weighted by Gasteiger charge is -2.37. The van der Waals surface area contributed by atoms with Crippen molar-refractivity contribution in [2.75, 3.05) is 19.7 Å². The van der Waals surface area contributed by atoms with Gasteiger partial charge in [-0.1, -0.05) is 34.1 Å². The Balaban J connectivity index is 0.000000251. The molecule has 2 heteroatoms. The molecule has 0 aliphatic carbocycles. The minimum absolute atomic E-state index is 0.306. The van der Waals surface area contributed by atoms with E-state index < -0.39 is 0 Å². The Hall–Kier alpha value is -0.0800. The molecule has 2 aliphatic heterocycles. The highest BCUT2D eigenvalue weighted by Crippen LogP contribution is 2.31. The second kappa shape index (κ2) is 7.34. The zero-order valence-electron chi connectivity index (χ0n) is 9.65. The molecule has 1 atom stereocenters. The first kappa shape index (κ1) is 12.9. The molecule has 2 heterocycles. The van der Waals surface area contributed by atoms with Gasteiger partial charge in [0.2, 0.25) is 0 Å². The van der Waals surface area contributed by atoms with Gasteiger partial charge in [-0.05, 0) is 13.0 Å². The van der Waals surface area contributed by atoms with Gasteiger partial charge in [0.15, 0.2) is 0 Å². The molecule has 0 aromatic carbocycles. The molecule has 0 bridgehead atoms. The van der Waals surface area contributed by atoms with Crippen LogP contribution in [0.4, 0.5) is 0 Å². The molecule has 0 aromatic rings. The first-order valence-electron chi connectivity index (χ1n) is 5.67. The third-order valence-electron chi connectivity index (χ3n) is 2.17. The van der Waals surface area contributed by atoms with Crippen LogP contribution in [0, 0.1) is 0 Å². The zero-order chi connectivity index (χ0) is 10.2. The van der Waals surface area contributed by atoms with Crippen LogP contribution in [0.15, 0.2) is 0 Å². The van der Waals surface area contributed by atoms with E-state index in [2.05, 4.69) is 19.2 Å². The lowest BCUT2D eigenvalue weighted by molar-refractivity contribution is -0.131. The molecule has 2 rings (SSSR count). The molecule has 80 valence electrons. The van der Waals surface area contributed by atoms with Gasteiger partial charge < -0.3 is 10.1 Å². The summed E-state index contributed by atoms with van der Waals surface area (Å²) in [5.74, 6) is 0. The van der Waals surface area contributed by atoms with E-state index in [1.807, 2.05) is 13.8 Å². The number of hydrogen-bond donors (Lipinski definition) is 1. The third-order valence-corrected chi connectivity index (χ3v) is 2.17. The van der Waals surface area contributed by atoms with Crippen LogP contribution in [0.25, 0.3) is 0 Å². The summed E-state index contributed by atoms with van der Waals surface area (Å²) in [5, 5.41) is 3.29. The summed E-state index contributed by atoms with van der Waals surface area (Å²) in [6.45, 7) is 11.5. The molecule has 2 aliphatic rings. The number of rotatable bonds is 0. The van der Waals surface area contributed by atoms with Crippen molar-refractivity contribution >= 4 is 0 Å². The van der Waals surface area contributed by atoms with Crippen molar-refractivity contribution in [2.24, 2.45) is 0 Å². The second-order valence-electron chi connectivity index (χ2n) is 3.42. The van der Waals surface area contributed by atoms with Crippen molar-refractivity contribution in [2.45, 2.75) is 52.6 Å². The van der Waals surface area contributed by atoms with Crippen LogP contribution < -0.4 is 5.32 Å². The maximum absolute atomic E-state index is 5.42. The fourth-order valence-electron chi connectivity index (χ4n) is 1.45. The van der Waals surface area contributed by atoms with Gasteiger partial charge in [-0.25, -0.2) is 0 Å². The van der Waals surface area contributed by atoms with Crippen molar-refractivity contribution < 1.29 is 4.74 Å². The van der Waals surface area contributed by atoms with Crippen LogP contribution in [0.5, 0.6) is 0 Å². The molecule has 2 nitrogen and oxygen atoms in total. The zero-order valence-corrected chi connectivity index (χ0v) is 9.65. The topological polar surface area (TPSA) is 21.3 Å². The molecule has 0 saturated carbocycles. The summed E-state index contributed by atoms with van der Waals surface area (Å²) < 4.78 is 5.42. The van der Waals surface area contributed by atoms with Crippen LogP contribution in [0.3, 0.4) is 0 Å². The Morgan fingerprint density at radius 3 is 1.92 bits per heavy atom. The molecule has 13 heavy (non-hydrogen) atoms. The van der Waals surface area contributed by atoms with Crippen molar-refractivity contribution in [1.82, 2.24) is 5.32 Å². The van der Waals surface area contributed by atoms with Gasteiger partial charge in [-0.3, -0.25) is 0 Å². The minimum Gasteiger partial charge on any atom is -0.373 e. The van der Waals surface area contributed by atoms with E-state index in [4.69, 9.17) is 4.74 Å². The first-order chi connectivity index (χ1) is 6.33. The second-order valence-corrected chi connectivity index (χ2v) is 3.42. The number of nitrogens with one attached hydrogen (secondary N) is 1. The Morgan fingerprint density at radius 1 is 1.23 bits per heavy atom. The molecule has 1 N–H and O–H groups in total. The quantitative estimate of drug-likeness (QED) is 0.629. The molecule has 0 aromatic heterocycles. The SMILES string of the molecule is C1CC2(CCO2)CN1.CC.CCC. The van der Waals surface area contributed by atoms with E-state index in [0.717, 1.165) is 19.7 Å². The fraction of sp³-hybridized carbons (Fsp3) is 1.00. The molecular formula is C11H25NO. The highest BCUT2D eigenvalue weighted by Gasteiger charge is 2.40. The van der Waals surface area contributed by atoms with Crippen LogP contribution in [-0.2, 0) is 4.74 Å². The van der Waals surface area contributed by atoms with Gasteiger partial charge in [-0.2, -0.15) is 0 Å². The highest BCUT2D eigenvalue weighted by molar-refractivity contribution is 4.94. The molecule has 2 saturated heterocycles. The molecule has 0 radical (unpaired) electrons. The maximum Gasteiger partial charge on any atom is 0.0840 e. The summed E-state index contributed by atoms with van der Waals surface area (Å²) in [5.41, 5.74) is 0.306. The fourth-order valence-corrected chi connectivity index (χ4v) is 1.45. The largest absolute Gasteiger partial charge is 0.373 e. The van der Waals surface area contributed by atoms with E-state index in [0.29, 0.717) is 5.60 Å². The van der Waals surface area contributed by atoms with Crippen LogP contribution in [0.2, 0.25) is 0 Å². The van der Waals surface area contributed by atoms with E-state index in [1.54, 1.807) is 0 Å². The highest BCUT2D eigenvalue weighted by atomic mass is 16.5. The Kier molecular flexibility index (Phi) is 7.29. The average molecular weight is 187 g/mol. The van der Waals surface area contributed by atoms with Gasteiger partial charge in [0.1, 0.15) is 0 Å². The van der Waals surface area contributed by atoms with Crippen molar-refractivity contribution in [3.63, 3.8) is 0 Å². The lowest BCUT2D eigenvalue weighted by Crippen LogP contribution is -2.45. The van der Waals surface area contributed by atoms with Crippen molar-refractivity contribution in [3.8, 4) is 0 Å². The molecule has 1 unspecified atom stereocenters. The van der Waals surface area contributed by atoms with Crippen LogP contribution in [-0.4, -0.2) is 25.3 Å². The van der Waals surface area contributed by atoms with E-state index in [-0.39, 0.29) is 0 Å². The molecule has 2 fully saturated rings. The summed E-state index contributed by atoms with van der Waals surface area (Å²) >= 11 is 0. The van der Waals surface area contributed by atoms with Gasteiger partial charge in [0.05, 0.1) is 12.2 Å². The summed E-state index contributed by atoms with van der Waals surface area (Å²) in [6, 6.07) is 0. The van der Waals surface area contributed by atoms with E-state index in [1.165, 1.54) is 19.3 Å². The Bertz CT molecular complexity index is 103. The molecule has 0 amide bonds.